The lowest BCUT2D eigenvalue weighted by atomic mass is 10.1. The molecule has 0 N–H and O–H groups in total. The van der Waals surface area contributed by atoms with Crippen LogP contribution in [0.4, 0.5) is 0 Å². The molecule has 0 bridgehead atoms. The van der Waals surface area contributed by atoms with E-state index in [1.807, 2.05) is 30.3 Å². The molecule has 104 valence electrons. The molecule has 0 aromatic heterocycles. The van der Waals surface area contributed by atoms with E-state index in [0.717, 1.165) is 38.2 Å². The Labute approximate surface area is 116 Å². The Hall–Kier alpha value is -1.19. The van der Waals surface area contributed by atoms with E-state index >= 15 is 0 Å². The average molecular weight is 260 g/mol. The van der Waals surface area contributed by atoms with Crippen molar-refractivity contribution in [3.8, 4) is 0 Å². The van der Waals surface area contributed by atoms with Crippen LogP contribution < -0.4 is 0 Å². The molecule has 0 radical (unpaired) electrons. The number of carbonyl (C=O) groups excluding carboxylic acids is 1. The maximum atomic E-state index is 12.0. The van der Waals surface area contributed by atoms with Gasteiger partial charge in [-0.15, -0.1) is 0 Å². The Bertz CT molecular complexity index is 404. The Kier molecular flexibility index (Phi) is 5.11. The van der Waals surface area contributed by atoms with Crippen molar-refractivity contribution in [2.24, 2.45) is 0 Å². The van der Waals surface area contributed by atoms with Gasteiger partial charge in [-0.3, -0.25) is 9.69 Å². The zero-order valence-corrected chi connectivity index (χ0v) is 12.0. The maximum absolute atomic E-state index is 12.0. The van der Waals surface area contributed by atoms with Crippen LogP contribution in [-0.2, 0) is 0 Å². The predicted octanol–water partition coefficient (Wildman–Crippen LogP) is 2.29. The fourth-order valence-corrected chi connectivity index (χ4v) is 2.72. The number of carbonyl (C=O) groups is 1. The minimum atomic E-state index is 0.266. The van der Waals surface area contributed by atoms with Gasteiger partial charge >= 0.3 is 0 Å². The molecule has 1 heterocycles. The smallest absolute Gasteiger partial charge is 0.162 e. The largest absolute Gasteiger partial charge is 0.304 e. The Morgan fingerprint density at radius 2 is 2.00 bits per heavy atom. The molecule has 3 heteroatoms. The van der Waals surface area contributed by atoms with E-state index in [2.05, 4.69) is 23.8 Å². The molecule has 0 saturated carbocycles. The highest BCUT2D eigenvalue weighted by molar-refractivity contribution is 5.95. The second kappa shape index (κ2) is 6.83. The third kappa shape index (κ3) is 4.15. The van der Waals surface area contributed by atoms with E-state index in [1.54, 1.807) is 0 Å². The second-order valence-corrected chi connectivity index (χ2v) is 5.54. The summed E-state index contributed by atoms with van der Waals surface area (Å²) in [6, 6.07) is 10.2. The second-order valence-electron chi connectivity index (χ2n) is 5.54. The number of nitrogens with zero attached hydrogens (tertiary/aromatic N) is 2. The van der Waals surface area contributed by atoms with Crippen molar-refractivity contribution in [3.63, 3.8) is 0 Å². The van der Waals surface area contributed by atoms with Gasteiger partial charge in [0.15, 0.2) is 5.78 Å². The molecule has 0 amide bonds. The molecule has 0 aliphatic carbocycles. The number of benzene rings is 1. The minimum absolute atomic E-state index is 0.266. The number of piperazine rings is 1. The van der Waals surface area contributed by atoms with Gasteiger partial charge in [-0.25, -0.2) is 0 Å². The zero-order chi connectivity index (χ0) is 13.7. The van der Waals surface area contributed by atoms with Crippen LogP contribution in [0.5, 0.6) is 0 Å². The fourth-order valence-electron chi connectivity index (χ4n) is 2.72. The molecule has 1 aliphatic heterocycles. The van der Waals surface area contributed by atoms with Gasteiger partial charge in [0.1, 0.15) is 0 Å². The number of hydrogen-bond acceptors (Lipinski definition) is 3. The lowest BCUT2D eigenvalue weighted by Gasteiger charge is -2.38. The van der Waals surface area contributed by atoms with E-state index in [1.165, 1.54) is 0 Å². The van der Waals surface area contributed by atoms with Crippen molar-refractivity contribution in [2.75, 3.05) is 33.2 Å². The molecule has 1 fully saturated rings. The highest BCUT2D eigenvalue weighted by atomic mass is 16.1. The molecule has 1 unspecified atom stereocenters. The number of likely N-dealkylation sites (N-methyl/N-ethyl adjacent to an activating group) is 1. The lowest BCUT2D eigenvalue weighted by molar-refractivity contribution is 0.0900. The van der Waals surface area contributed by atoms with Crippen LogP contribution in [0.15, 0.2) is 30.3 Å². The fraction of sp³-hybridized carbons (Fsp3) is 0.562. The molecule has 1 aliphatic rings. The van der Waals surface area contributed by atoms with Gasteiger partial charge in [-0.2, -0.15) is 0 Å². The van der Waals surface area contributed by atoms with Gasteiger partial charge in [0.05, 0.1) is 0 Å². The molecular formula is C16H24N2O. The number of ketones is 1. The quantitative estimate of drug-likeness (QED) is 0.759. The first kappa shape index (κ1) is 14.2. The van der Waals surface area contributed by atoms with Gasteiger partial charge in [0.2, 0.25) is 0 Å². The Balaban J connectivity index is 1.73. The summed E-state index contributed by atoms with van der Waals surface area (Å²) in [6.07, 6.45) is 1.62. The van der Waals surface area contributed by atoms with Gasteiger partial charge < -0.3 is 4.90 Å². The molecule has 3 nitrogen and oxygen atoms in total. The topological polar surface area (TPSA) is 23.6 Å². The summed E-state index contributed by atoms with van der Waals surface area (Å²) in [5, 5.41) is 0. The van der Waals surface area contributed by atoms with E-state index < -0.39 is 0 Å². The van der Waals surface area contributed by atoms with Crippen molar-refractivity contribution in [1.82, 2.24) is 9.80 Å². The summed E-state index contributed by atoms with van der Waals surface area (Å²) < 4.78 is 0. The third-order valence-corrected chi connectivity index (χ3v) is 3.91. The third-order valence-electron chi connectivity index (χ3n) is 3.91. The molecule has 1 aromatic rings. The highest BCUT2D eigenvalue weighted by Crippen LogP contribution is 2.11. The van der Waals surface area contributed by atoms with Crippen LogP contribution >= 0.6 is 0 Å². The van der Waals surface area contributed by atoms with Crippen LogP contribution in [-0.4, -0.2) is 54.9 Å². The van der Waals surface area contributed by atoms with E-state index in [4.69, 9.17) is 0 Å². The van der Waals surface area contributed by atoms with Crippen LogP contribution in [0.3, 0.4) is 0 Å². The summed E-state index contributed by atoms with van der Waals surface area (Å²) in [5.74, 6) is 0.266. The van der Waals surface area contributed by atoms with Gasteiger partial charge in [0, 0.05) is 37.7 Å². The van der Waals surface area contributed by atoms with Crippen LogP contribution in [0.1, 0.15) is 30.1 Å². The van der Waals surface area contributed by atoms with Crippen molar-refractivity contribution >= 4 is 5.78 Å². The maximum Gasteiger partial charge on any atom is 0.162 e. The van der Waals surface area contributed by atoms with Crippen LogP contribution in [0, 0.1) is 0 Å². The van der Waals surface area contributed by atoms with E-state index in [0.29, 0.717) is 12.5 Å². The van der Waals surface area contributed by atoms with Gasteiger partial charge in [-0.1, -0.05) is 30.3 Å². The summed E-state index contributed by atoms with van der Waals surface area (Å²) >= 11 is 0. The van der Waals surface area contributed by atoms with Crippen LogP contribution in [0.2, 0.25) is 0 Å². The molecule has 1 atom stereocenters. The average Bonchev–Trinajstić information content (AvgIpc) is 2.42. The summed E-state index contributed by atoms with van der Waals surface area (Å²) in [7, 11) is 2.17. The monoisotopic (exact) mass is 260 g/mol. The van der Waals surface area contributed by atoms with Crippen LogP contribution in [0.25, 0.3) is 0 Å². The number of hydrogen-bond donors (Lipinski definition) is 0. The molecule has 1 saturated heterocycles. The van der Waals surface area contributed by atoms with Gasteiger partial charge in [0.25, 0.3) is 0 Å². The summed E-state index contributed by atoms with van der Waals surface area (Å²) in [4.78, 5) is 16.9. The lowest BCUT2D eigenvalue weighted by Crippen LogP contribution is -2.50. The minimum Gasteiger partial charge on any atom is -0.304 e. The first-order valence-electron chi connectivity index (χ1n) is 7.17. The molecule has 1 aromatic carbocycles. The zero-order valence-electron chi connectivity index (χ0n) is 12.0. The molecule has 0 spiro atoms. The Morgan fingerprint density at radius 1 is 1.26 bits per heavy atom. The summed E-state index contributed by atoms with van der Waals surface area (Å²) in [6.45, 7) is 6.70. The van der Waals surface area contributed by atoms with Crippen molar-refractivity contribution in [3.05, 3.63) is 35.9 Å². The SMILES string of the molecule is CC1CN(C)CCN1CCCC(=O)c1ccccc1. The standard InChI is InChI=1S/C16H24N2O/c1-14-13-17(2)11-12-18(14)10-6-9-16(19)15-7-4-3-5-8-15/h3-5,7-8,14H,6,9-13H2,1-2H3. The van der Waals surface area contributed by atoms with Crippen molar-refractivity contribution in [1.29, 1.82) is 0 Å². The number of rotatable bonds is 5. The predicted molar refractivity (Wildman–Crippen MR) is 78.5 cm³/mol. The first-order chi connectivity index (χ1) is 9.16. The first-order valence-corrected chi connectivity index (χ1v) is 7.17. The van der Waals surface area contributed by atoms with E-state index in [-0.39, 0.29) is 5.78 Å². The van der Waals surface area contributed by atoms with E-state index in [9.17, 15) is 4.79 Å². The highest BCUT2D eigenvalue weighted by Gasteiger charge is 2.20. The molecular weight excluding hydrogens is 236 g/mol. The van der Waals surface area contributed by atoms with Crippen molar-refractivity contribution < 1.29 is 4.79 Å². The molecule has 2 rings (SSSR count). The number of Topliss-reactive ketones (excluding diaryl/α,β-unsaturated/α-hetero) is 1. The normalized spacial score (nSPS) is 21.5. The Morgan fingerprint density at radius 3 is 2.68 bits per heavy atom. The van der Waals surface area contributed by atoms with Crippen molar-refractivity contribution in [2.45, 2.75) is 25.8 Å². The molecule has 19 heavy (non-hydrogen) atoms. The van der Waals surface area contributed by atoms with Gasteiger partial charge in [-0.05, 0) is 26.9 Å². The summed E-state index contributed by atoms with van der Waals surface area (Å²) in [5.41, 5.74) is 0.842.